The number of thioether (sulfide) groups is 1. The molecule has 2 aromatic heterocycles. The summed E-state index contributed by atoms with van der Waals surface area (Å²) in [6.45, 7) is 6.33. The second kappa shape index (κ2) is 9.80. The van der Waals surface area contributed by atoms with Gasteiger partial charge in [-0.15, -0.1) is 11.3 Å². The second-order valence-electron chi connectivity index (χ2n) is 7.55. The van der Waals surface area contributed by atoms with Crippen LogP contribution in [0.25, 0.3) is 10.2 Å². The van der Waals surface area contributed by atoms with Crippen molar-refractivity contribution in [3.63, 3.8) is 0 Å². The number of aromatic nitrogens is 2. The normalized spacial score (nSPS) is 12.0. The lowest BCUT2D eigenvalue weighted by Gasteiger charge is -2.19. The molecule has 1 N–H and O–H groups in total. The smallest absolute Gasteiger partial charge is 0.262 e. The molecule has 0 spiro atoms. The van der Waals surface area contributed by atoms with Crippen molar-refractivity contribution >= 4 is 44.9 Å². The van der Waals surface area contributed by atoms with Crippen molar-refractivity contribution in [2.75, 3.05) is 11.9 Å². The molecule has 8 heteroatoms. The molecule has 1 unspecified atom stereocenters. The fraction of sp³-hybridized carbons (Fsp3) is 0.240. The van der Waals surface area contributed by atoms with Crippen molar-refractivity contribution in [3.8, 4) is 5.75 Å². The molecule has 0 fully saturated rings. The van der Waals surface area contributed by atoms with Crippen molar-refractivity contribution in [2.45, 2.75) is 31.2 Å². The molecule has 0 bridgehead atoms. The van der Waals surface area contributed by atoms with Gasteiger partial charge in [-0.3, -0.25) is 14.2 Å². The molecule has 0 radical (unpaired) electrons. The van der Waals surface area contributed by atoms with E-state index in [4.69, 9.17) is 9.72 Å². The summed E-state index contributed by atoms with van der Waals surface area (Å²) < 4.78 is 7.19. The highest BCUT2D eigenvalue weighted by atomic mass is 32.2. The summed E-state index contributed by atoms with van der Waals surface area (Å²) in [5, 5.41) is 3.53. The number of fused-ring (bicyclic) bond motifs is 1. The molecule has 33 heavy (non-hydrogen) atoms. The van der Waals surface area contributed by atoms with Gasteiger partial charge in [0.05, 0.1) is 17.7 Å². The molecule has 0 aliphatic carbocycles. The van der Waals surface area contributed by atoms with E-state index in [1.807, 2.05) is 75.4 Å². The number of hydrogen-bond acceptors (Lipinski definition) is 6. The number of rotatable bonds is 7. The third-order valence-corrected chi connectivity index (χ3v) is 7.78. The number of benzene rings is 2. The fourth-order valence-electron chi connectivity index (χ4n) is 3.52. The van der Waals surface area contributed by atoms with E-state index in [1.165, 1.54) is 27.7 Å². The Kier molecular flexibility index (Phi) is 6.85. The number of thiophene rings is 1. The predicted molar refractivity (Wildman–Crippen MR) is 136 cm³/mol. The van der Waals surface area contributed by atoms with Gasteiger partial charge in [0.25, 0.3) is 5.56 Å². The largest absolute Gasteiger partial charge is 0.492 e. The van der Waals surface area contributed by atoms with Crippen molar-refractivity contribution in [1.82, 2.24) is 9.55 Å². The van der Waals surface area contributed by atoms with Gasteiger partial charge in [-0.2, -0.15) is 0 Å². The lowest BCUT2D eigenvalue weighted by molar-refractivity contribution is -0.115. The van der Waals surface area contributed by atoms with Crippen molar-refractivity contribution in [1.29, 1.82) is 0 Å². The monoisotopic (exact) mass is 479 g/mol. The van der Waals surface area contributed by atoms with E-state index in [2.05, 4.69) is 5.32 Å². The first-order chi connectivity index (χ1) is 15.9. The molecule has 0 saturated carbocycles. The maximum atomic E-state index is 13.5. The average molecular weight is 480 g/mol. The van der Waals surface area contributed by atoms with Crippen LogP contribution in [0.4, 0.5) is 5.69 Å². The Morgan fingerprint density at radius 3 is 2.58 bits per heavy atom. The molecule has 1 atom stereocenters. The number of aryl methyl sites for hydroxylation is 2. The van der Waals surface area contributed by atoms with E-state index in [9.17, 15) is 9.59 Å². The number of carbonyl (C=O) groups excluding carboxylic acids is 1. The van der Waals surface area contributed by atoms with E-state index in [-0.39, 0.29) is 11.5 Å². The van der Waals surface area contributed by atoms with Gasteiger partial charge in [0.2, 0.25) is 5.91 Å². The third-order valence-electron chi connectivity index (χ3n) is 5.38. The van der Waals surface area contributed by atoms with Gasteiger partial charge in [-0.05, 0) is 44.0 Å². The number of carbonyl (C=O) groups is 1. The van der Waals surface area contributed by atoms with E-state index in [0.29, 0.717) is 33.4 Å². The van der Waals surface area contributed by atoms with Gasteiger partial charge < -0.3 is 10.1 Å². The zero-order chi connectivity index (χ0) is 23.5. The Bertz CT molecular complexity index is 1360. The third kappa shape index (κ3) is 4.67. The van der Waals surface area contributed by atoms with Gasteiger partial charge in [0.15, 0.2) is 5.16 Å². The number of anilines is 1. The lowest BCUT2D eigenvalue weighted by Crippen LogP contribution is -2.23. The van der Waals surface area contributed by atoms with Gasteiger partial charge in [-0.1, -0.05) is 54.2 Å². The molecule has 2 heterocycles. The fourth-order valence-corrected chi connectivity index (χ4v) is 5.65. The molecule has 1 amide bonds. The summed E-state index contributed by atoms with van der Waals surface area (Å²) in [7, 11) is 1.70. The van der Waals surface area contributed by atoms with Crippen LogP contribution in [-0.4, -0.2) is 22.1 Å². The molecule has 0 aliphatic rings. The van der Waals surface area contributed by atoms with Gasteiger partial charge in [0.1, 0.15) is 15.8 Å². The first-order valence-electron chi connectivity index (χ1n) is 10.6. The maximum absolute atomic E-state index is 13.5. The van der Waals surface area contributed by atoms with Crippen LogP contribution in [0.5, 0.6) is 5.75 Å². The number of para-hydroxylation sites is 2. The van der Waals surface area contributed by atoms with Crippen molar-refractivity contribution in [3.05, 3.63) is 81.0 Å². The van der Waals surface area contributed by atoms with E-state index in [0.717, 1.165) is 16.0 Å². The van der Waals surface area contributed by atoms with Crippen molar-refractivity contribution in [2.24, 2.45) is 7.05 Å². The van der Waals surface area contributed by atoms with E-state index < -0.39 is 5.25 Å². The zero-order valence-electron chi connectivity index (χ0n) is 18.9. The molecule has 6 nitrogen and oxygen atoms in total. The number of nitrogens with zero attached hydrogens (tertiary/aromatic N) is 2. The average Bonchev–Trinajstić information content (AvgIpc) is 3.10. The summed E-state index contributed by atoms with van der Waals surface area (Å²) >= 11 is 2.77. The molecule has 2 aromatic carbocycles. The zero-order valence-corrected chi connectivity index (χ0v) is 20.5. The number of nitrogens with one attached hydrogen (secondary N) is 1. The minimum absolute atomic E-state index is 0.0988. The summed E-state index contributed by atoms with van der Waals surface area (Å²) in [5.74, 6) is 0.396. The van der Waals surface area contributed by atoms with Crippen LogP contribution < -0.4 is 15.6 Å². The summed E-state index contributed by atoms with van der Waals surface area (Å²) in [6, 6.07) is 16.9. The van der Waals surface area contributed by atoms with Crippen LogP contribution in [0.1, 0.15) is 28.2 Å². The molecule has 170 valence electrons. The van der Waals surface area contributed by atoms with Gasteiger partial charge >= 0.3 is 0 Å². The molecular formula is C25H25N3O3S2. The molecular weight excluding hydrogens is 454 g/mol. The van der Waals surface area contributed by atoms with Crippen LogP contribution in [0, 0.1) is 13.8 Å². The van der Waals surface area contributed by atoms with E-state index >= 15 is 0 Å². The van der Waals surface area contributed by atoms with Crippen LogP contribution in [0.3, 0.4) is 0 Å². The van der Waals surface area contributed by atoms with E-state index in [1.54, 1.807) is 7.05 Å². The Hall–Kier alpha value is -3.10. The van der Waals surface area contributed by atoms with Crippen LogP contribution >= 0.6 is 23.1 Å². The van der Waals surface area contributed by atoms with Gasteiger partial charge in [0, 0.05) is 11.9 Å². The van der Waals surface area contributed by atoms with Gasteiger partial charge in [-0.25, -0.2) is 4.98 Å². The highest BCUT2D eigenvalue weighted by Gasteiger charge is 2.26. The number of ether oxygens (including phenoxy) is 1. The first-order valence-corrected chi connectivity index (χ1v) is 12.3. The molecule has 0 aliphatic heterocycles. The van der Waals surface area contributed by atoms with Crippen LogP contribution in [-0.2, 0) is 11.8 Å². The van der Waals surface area contributed by atoms with Crippen LogP contribution in [0.2, 0.25) is 0 Å². The Labute approximate surface area is 200 Å². The lowest BCUT2D eigenvalue weighted by atomic mass is 10.1. The number of amides is 1. The molecule has 4 aromatic rings. The SMILES string of the molecule is CCOc1ccccc1NC(=O)C(Sc1nc2sc(C)c(C)c2c(=O)n1C)c1ccccc1. The topological polar surface area (TPSA) is 73.2 Å². The number of hydrogen-bond donors (Lipinski definition) is 1. The molecule has 0 saturated heterocycles. The summed E-state index contributed by atoms with van der Waals surface area (Å²) in [4.78, 5) is 33.1. The maximum Gasteiger partial charge on any atom is 0.262 e. The Balaban J connectivity index is 1.73. The van der Waals surface area contributed by atoms with Crippen LogP contribution in [0.15, 0.2) is 64.5 Å². The highest BCUT2D eigenvalue weighted by Crippen LogP contribution is 2.37. The summed E-state index contributed by atoms with van der Waals surface area (Å²) in [5.41, 5.74) is 2.29. The highest BCUT2D eigenvalue weighted by molar-refractivity contribution is 8.00. The minimum Gasteiger partial charge on any atom is -0.492 e. The quantitative estimate of drug-likeness (QED) is 0.281. The summed E-state index contributed by atoms with van der Waals surface area (Å²) in [6.07, 6.45) is 0. The Morgan fingerprint density at radius 2 is 1.85 bits per heavy atom. The van der Waals surface area contributed by atoms with Crippen molar-refractivity contribution < 1.29 is 9.53 Å². The second-order valence-corrected chi connectivity index (χ2v) is 9.82. The Morgan fingerprint density at radius 1 is 1.15 bits per heavy atom. The minimum atomic E-state index is -0.612. The first kappa shape index (κ1) is 23.1. The predicted octanol–water partition coefficient (Wildman–Crippen LogP) is 5.48. The standard InChI is InChI=1S/C25H25N3O3S2/c1-5-31-19-14-10-9-13-18(19)26-22(29)21(17-11-7-6-8-12-17)33-25-27-23-20(24(30)28(25)4)15(2)16(3)32-23/h6-14,21H,5H2,1-4H3,(H,26,29). The molecule has 4 rings (SSSR count).